The monoisotopic (exact) mass is 324 g/mol. The molecular formula is C15H21FN4O3. The molecule has 0 amide bonds. The summed E-state index contributed by atoms with van der Waals surface area (Å²) in [5.41, 5.74) is 5.21. The van der Waals surface area contributed by atoms with E-state index in [1.54, 1.807) is 0 Å². The van der Waals surface area contributed by atoms with E-state index in [0.717, 1.165) is 52.2 Å². The van der Waals surface area contributed by atoms with Gasteiger partial charge in [0.15, 0.2) is 5.82 Å². The number of nitrogens with zero attached hydrogens (tertiary/aromatic N) is 3. The van der Waals surface area contributed by atoms with Crippen LogP contribution in [0, 0.1) is 15.9 Å². The second-order valence-electron chi connectivity index (χ2n) is 5.98. The molecule has 2 heterocycles. The zero-order valence-corrected chi connectivity index (χ0v) is 12.9. The number of halogens is 1. The van der Waals surface area contributed by atoms with E-state index < -0.39 is 16.4 Å². The van der Waals surface area contributed by atoms with Crippen LogP contribution in [0.4, 0.5) is 21.5 Å². The predicted molar refractivity (Wildman–Crippen MR) is 85.1 cm³/mol. The lowest BCUT2D eigenvalue weighted by atomic mass is 10.0. The van der Waals surface area contributed by atoms with E-state index >= 15 is 0 Å². The van der Waals surface area contributed by atoms with Crippen molar-refractivity contribution in [1.82, 2.24) is 4.90 Å². The maximum absolute atomic E-state index is 13.8. The van der Waals surface area contributed by atoms with Crippen LogP contribution in [0.25, 0.3) is 0 Å². The van der Waals surface area contributed by atoms with Gasteiger partial charge < -0.3 is 15.4 Å². The Kier molecular flexibility index (Phi) is 4.63. The number of ether oxygens (including phenoxy) is 1. The standard InChI is InChI=1S/C15H21FN4O3/c16-13-9-12(10-14(15(13)17)20(21)22)18-3-1-11(2-4-18)19-5-7-23-8-6-19/h9-11H,1-8,17H2. The normalized spacial score (nSPS) is 20.7. The SMILES string of the molecule is Nc1c(F)cc(N2CCC(N3CCOCC3)CC2)cc1[N+](=O)[O-]. The summed E-state index contributed by atoms with van der Waals surface area (Å²) in [4.78, 5) is 14.8. The van der Waals surface area contributed by atoms with E-state index in [1.165, 1.54) is 12.1 Å². The Hall–Kier alpha value is -1.93. The van der Waals surface area contributed by atoms with Crippen LogP contribution in [0.5, 0.6) is 0 Å². The van der Waals surface area contributed by atoms with Crippen LogP contribution in [-0.2, 0) is 4.74 Å². The van der Waals surface area contributed by atoms with Gasteiger partial charge in [-0.25, -0.2) is 4.39 Å². The summed E-state index contributed by atoms with van der Waals surface area (Å²) in [7, 11) is 0. The van der Waals surface area contributed by atoms with Crippen LogP contribution >= 0.6 is 0 Å². The maximum atomic E-state index is 13.8. The highest BCUT2D eigenvalue weighted by molar-refractivity contribution is 5.67. The lowest BCUT2D eigenvalue weighted by molar-refractivity contribution is -0.384. The van der Waals surface area contributed by atoms with E-state index in [0.29, 0.717) is 11.7 Å². The minimum atomic E-state index is -0.732. The van der Waals surface area contributed by atoms with Crippen molar-refractivity contribution in [3.8, 4) is 0 Å². The molecule has 2 N–H and O–H groups in total. The number of morpholine rings is 1. The first kappa shape index (κ1) is 15.9. The molecular weight excluding hydrogens is 303 g/mol. The number of nitrogen functional groups attached to an aromatic ring is 1. The second-order valence-corrected chi connectivity index (χ2v) is 5.98. The third-order valence-electron chi connectivity index (χ3n) is 4.68. The van der Waals surface area contributed by atoms with Gasteiger partial charge in [-0.05, 0) is 18.9 Å². The second kappa shape index (κ2) is 6.67. The van der Waals surface area contributed by atoms with Crippen molar-refractivity contribution in [1.29, 1.82) is 0 Å². The van der Waals surface area contributed by atoms with Gasteiger partial charge in [0.1, 0.15) is 5.69 Å². The van der Waals surface area contributed by atoms with Gasteiger partial charge in [0.25, 0.3) is 5.69 Å². The van der Waals surface area contributed by atoms with Crippen molar-refractivity contribution in [3.63, 3.8) is 0 Å². The summed E-state index contributed by atoms with van der Waals surface area (Å²) in [6.45, 7) is 4.95. The fourth-order valence-corrected chi connectivity index (χ4v) is 3.35. The molecule has 23 heavy (non-hydrogen) atoms. The van der Waals surface area contributed by atoms with Crippen LogP contribution < -0.4 is 10.6 Å². The number of hydrogen-bond donors (Lipinski definition) is 1. The molecule has 7 nitrogen and oxygen atoms in total. The van der Waals surface area contributed by atoms with Gasteiger partial charge >= 0.3 is 0 Å². The summed E-state index contributed by atoms with van der Waals surface area (Å²) in [6.07, 6.45) is 1.92. The number of nitro groups is 1. The van der Waals surface area contributed by atoms with Crippen molar-refractivity contribution in [3.05, 3.63) is 28.1 Å². The summed E-state index contributed by atoms with van der Waals surface area (Å²) in [5, 5.41) is 11.0. The molecule has 0 atom stereocenters. The summed E-state index contributed by atoms with van der Waals surface area (Å²) >= 11 is 0. The first-order valence-electron chi connectivity index (χ1n) is 7.86. The quantitative estimate of drug-likeness (QED) is 0.517. The van der Waals surface area contributed by atoms with Gasteiger partial charge in [-0.3, -0.25) is 15.0 Å². The zero-order chi connectivity index (χ0) is 16.4. The Morgan fingerprint density at radius 2 is 1.87 bits per heavy atom. The largest absolute Gasteiger partial charge is 0.391 e. The molecule has 2 aliphatic rings. The van der Waals surface area contributed by atoms with E-state index in [1.807, 2.05) is 4.90 Å². The summed E-state index contributed by atoms with van der Waals surface area (Å²) < 4.78 is 19.2. The Labute approximate surface area is 133 Å². The molecule has 126 valence electrons. The molecule has 0 radical (unpaired) electrons. The van der Waals surface area contributed by atoms with Gasteiger partial charge in [-0.2, -0.15) is 0 Å². The molecule has 2 saturated heterocycles. The van der Waals surface area contributed by atoms with E-state index in [4.69, 9.17) is 10.5 Å². The molecule has 8 heteroatoms. The van der Waals surface area contributed by atoms with E-state index in [9.17, 15) is 14.5 Å². The highest BCUT2D eigenvalue weighted by Crippen LogP contribution is 2.32. The predicted octanol–water partition coefficient (Wildman–Crippen LogP) is 1.62. The Bertz CT molecular complexity index is 584. The van der Waals surface area contributed by atoms with Gasteiger partial charge in [0.05, 0.1) is 18.1 Å². The van der Waals surface area contributed by atoms with Gasteiger partial charge in [-0.1, -0.05) is 0 Å². The van der Waals surface area contributed by atoms with Crippen molar-refractivity contribution in [2.75, 3.05) is 50.0 Å². The Morgan fingerprint density at radius 1 is 1.22 bits per heavy atom. The molecule has 0 saturated carbocycles. The van der Waals surface area contributed by atoms with Crippen molar-refractivity contribution < 1.29 is 14.1 Å². The average Bonchev–Trinajstić information content (AvgIpc) is 2.58. The number of nitro benzene ring substituents is 1. The summed E-state index contributed by atoms with van der Waals surface area (Å²) in [5.74, 6) is -0.732. The summed E-state index contributed by atoms with van der Waals surface area (Å²) in [6, 6.07) is 3.16. The van der Waals surface area contributed by atoms with Crippen LogP contribution in [-0.4, -0.2) is 55.3 Å². The first-order valence-corrected chi connectivity index (χ1v) is 7.86. The van der Waals surface area contributed by atoms with Crippen LogP contribution in [0.3, 0.4) is 0 Å². The van der Waals surface area contributed by atoms with Crippen molar-refractivity contribution in [2.45, 2.75) is 18.9 Å². The Balaban J connectivity index is 1.68. The third-order valence-corrected chi connectivity index (χ3v) is 4.68. The number of rotatable bonds is 3. The first-order chi connectivity index (χ1) is 11.1. The van der Waals surface area contributed by atoms with E-state index in [2.05, 4.69) is 4.90 Å². The highest BCUT2D eigenvalue weighted by atomic mass is 19.1. The number of anilines is 2. The number of piperidine rings is 1. The van der Waals surface area contributed by atoms with Gasteiger partial charge in [-0.15, -0.1) is 0 Å². The van der Waals surface area contributed by atoms with E-state index in [-0.39, 0.29) is 5.69 Å². The fraction of sp³-hybridized carbons (Fsp3) is 0.600. The molecule has 1 aromatic carbocycles. The van der Waals surface area contributed by atoms with Crippen molar-refractivity contribution in [2.24, 2.45) is 0 Å². The van der Waals surface area contributed by atoms with Crippen LogP contribution in [0.1, 0.15) is 12.8 Å². The zero-order valence-electron chi connectivity index (χ0n) is 12.9. The molecule has 0 spiro atoms. The molecule has 2 aliphatic heterocycles. The third kappa shape index (κ3) is 3.37. The fourth-order valence-electron chi connectivity index (χ4n) is 3.35. The minimum Gasteiger partial charge on any atom is -0.391 e. The van der Waals surface area contributed by atoms with Gasteiger partial charge in [0, 0.05) is 44.0 Å². The van der Waals surface area contributed by atoms with Crippen molar-refractivity contribution >= 4 is 17.1 Å². The lowest BCUT2D eigenvalue weighted by Crippen LogP contribution is -2.49. The van der Waals surface area contributed by atoms with Crippen LogP contribution in [0.2, 0.25) is 0 Å². The molecule has 0 bridgehead atoms. The highest BCUT2D eigenvalue weighted by Gasteiger charge is 2.27. The maximum Gasteiger partial charge on any atom is 0.297 e. The molecule has 1 aromatic rings. The molecule has 0 aliphatic carbocycles. The van der Waals surface area contributed by atoms with Gasteiger partial charge in [0.2, 0.25) is 0 Å². The molecule has 0 aromatic heterocycles. The Morgan fingerprint density at radius 3 is 2.48 bits per heavy atom. The molecule has 2 fully saturated rings. The minimum absolute atomic E-state index is 0.365. The smallest absolute Gasteiger partial charge is 0.297 e. The lowest BCUT2D eigenvalue weighted by Gasteiger charge is -2.40. The number of benzene rings is 1. The number of hydrogen-bond acceptors (Lipinski definition) is 6. The molecule has 0 unspecified atom stereocenters. The number of nitrogens with two attached hydrogens (primary N) is 1. The average molecular weight is 324 g/mol. The molecule has 3 rings (SSSR count). The topological polar surface area (TPSA) is 84.9 Å². The van der Waals surface area contributed by atoms with Crippen LogP contribution in [0.15, 0.2) is 12.1 Å².